The molecule has 0 aliphatic carbocycles. The van der Waals surface area contributed by atoms with Crippen molar-refractivity contribution in [2.45, 2.75) is 10.9 Å². The maximum absolute atomic E-state index is 12.0. The predicted molar refractivity (Wildman–Crippen MR) is 91.4 cm³/mol. The van der Waals surface area contributed by atoms with E-state index in [1.165, 1.54) is 18.0 Å². The number of thioether (sulfide) groups is 1. The maximum atomic E-state index is 12.0. The number of nitriles is 1. The van der Waals surface area contributed by atoms with Gasteiger partial charge in [0, 0.05) is 23.8 Å². The summed E-state index contributed by atoms with van der Waals surface area (Å²) in [5.74, 6) is 0.450. The number of halogens is 1. The van der Waals surface area contributed by atoms with E-state index in [0.717, 1.165) is 15.5 Å². The van der Waals surface area contributed by atoms with Crippen molar-refractivity contribution in [1.82, 2.24) is 34.3 Å². The highest BCUT2D eigenvalue weighted by Gasteiger charge is 2.12. The summed E-state index contributed by atoms with van der Waals surface area (Å²) in [6.07, 6.45) is 3.02. The predicted octanol–water partition coefficient (Wildman–Crippen LogP) is 1.52. The molecule has 4 aromatic rings. The van der Waals surface area contributed by atoms with Crippen LogP contribution in [0.25, 0.3) is 16.7 Å². The summed E-state index contributed by atoms with van der Waals surface area (Å²) < 4.78 is 2.70. The molecule has 25 heavy (non-hydrogen) atoms. The van der Waals surface area contributed by atoms with Gasteiger partial charge in [0.05, 0.1) is 12.4 Å². The first-order chi connectivity index (χ1) is 12.1. The maximum Gasteiger partial charge on any atom is 0.350 e. The number of hydrogen-bond donors (Lipinski definition) is 1. The Hall–Kier alpha value is -2.90. The number of hydrogen-bond acceptors (Lipinski definition) is 7. The molecule has 1 N–H and O–H groups in total. The fourth-order valence-corrected chi connectivity index (χ4v) is 3.46. The minimum Gasteiger partial charge on any atom is -0.285 e. The molecule has 0 spiro atoms. The number of nitrogens with one attached hydrogen (secondary N) is 1. The second-order valence-corrected chi connectivity index (χ2v) is 6.48. The molecule has 0 saturated carbocycles. The van der Waals surface area contributed by atoms with Gasteiger partial charge in [0.15, 0.2) is 16.5 Å². The van der Waals surface area contributed by atoms with E-state index >= 15 is 0 Å². The van der Waals surface area contributed by atoms with Gasteiger partial charge < -0.3 is 0 Å². The number of fused-ring (bicyclic) bond motifs is 2. The Kier molecular flexibility index (Phi) is 3.67. The van der Waals surface area contributed by atoms with Crippen molar-refractivity contribution < 1.29 is 0 Å². The Bertz CT molecular complexity index is 1220. The van der Waals surface area contributed by atoms with Gasteiger partial charge in [0.25, 0.3) is 0 Å². The van der Waals surface area contributed by atoms with Gasteiger partial charge in [-0.05, 0) is 6.07 Å². The number of pyridine rings is 1. The Morgan fingerprint density at radius 3 is 2.96 bits per heavy atom. The molecule has 9 nitrogen and oxygen atoms in total. The van der Waals surface area contributed by atoms with E-state index in [4.69, 9.17) is 16.9 Å². The van der Waals surface area contributed by atoms with Crippen LogP contribution in [-0.4, -0.2) is 34.3 Å². The van der Waals surface area contributed by atoms with Crippen LogP contribution in [0.4, 0.5) is 0 Å². The van der Waals surface area contributed by atoms with Gasteiger partial charge in [-0.15, -0.1) is 0 Å². The van der Waals surface area contributed by atoms with E-state index in [-0.39, 0.29) is 11.2 Å². The average Bonchev–Trinajstić information content (AvgIpc) is 3.17. The lowest BCUT2D eigenvalue weighted by Gasteiger charge is -2.04. The van der Waals surface area contributed by atoms with Gasteiger partial charge in [0.2, 0.25) is 0 Å². The van der Waals surface area contributed by atoms with Crippen LogP contribution >= 0.6 is 23.4 Å². The average molecular weight is 373 g/mol. The van der Waals surface area contributed by atoms with Crippen molar-refractivity contribution in [3.05, 3.63) is 45.2 Å². The van der Waals surface area contributed by atoms with Crippen molar-refractivity contribution in [1.29, 1.82) is 5.26 Å². The van der Waals surface area contributed by atoms with E-state index in [9.17, 15) is 4.79 Å². The quantitative estimate of drug-likeness (QED) is 0.427. The fraction of sp³-hybridized carbons (Fsp3) is 0.143. The third-order valence-corrected chi connectivity index (χ3v) is 4.83. The highest BCUT2D eigenvalue weighted by molar-refractivity contribution is 7.98. The lowest BCUT2D eigenvalue weighted by atomic mass is 10.2. The first-order valence-electron chi connectivity index (χ1n) is 7.05. The summed E-state index contributed by atoms with van der Waals surface area (Å²) in [5.41, 5.74) is 1.50. The number of H-pyrrole nitrogens is 1. The van der Waals surface area contributed by atoms with Gasteiger partial charge in [-0.1, -0.05) is 23.4 Å². The molecule has 0 fully saturated rings. The first kappa shape index (κ1) is 15.6. The fourth-order valence-electron chi connectivity index (χ4n) is 2.36. The summed E-state index contributed by atoms with van der Waals surface area (Å²) in [6.45, 7) is 0. The van der Waals surface area contributed by atoms with Gasteiger partial charge in [-0.25, -0.2) is 14.8 Å². The molecule has 4 rings (SSSR count). The van der Waals surface area contributed by atoms with Crippen molar-refractivity contribution >= 4 is 40.0 Å². The number of aromatic nitrogens is 7. The van der Waals surface area contributed by atoms with E-state index in [1.807, 2.05) is 12.1 Å². The molecular weight excluding hydrogens is 364 g/mol. The minimum absolute atomic E-state index is 0.223. The van der Waals surface area contributed by atoms with Crippen LogP contribution in [0.2, 0.25) is 5.15 Å². The van der Waals surface area contributed by atoms with Crippen LogP contribution in [0.3, 0.4) is 0 Å². The number of nitrogens with zero attached hydrogens (tertiary/aromatic N) is 7. The summed E-state index contributed by atoms with van der Waals surface area (Å²) in [6, 6.07) is 3.87. The third-order valence-electron chi connectivity index (χ3n) is 3.58. The lowest BCUT2D eigenvalue weighted by Crippen LogP contribution is -2.19. The van der Waals surface area contributed by atoms with Gasteiger partial charge >= 0.3 is 5.69 Å². The van der Waals surface area contributed by atoms with Crippen molar-refractivity contribution in [3.63, 3.8) is 0 Å². The zero-order chi connectivity index (χ0) is 17.6. The number of aryl methyl sites for hydroxylation is 1. The summed E-state index contributed by atoms with van der Waals surface area (Å²) in [5, 5.41) is 18.7. The SMILES string of the molecule is Cn1ncc2cc(CSc3nc4c(C#N)cnn4c(=O)[nH]3)c(Cl)nc21. The van der Waals surface area contributed by atoms with Crippen LogP contribution < -0.4 is 5.69 Å². The van der Waals surface area contributed by atoms with E-state index in [0.29, 0.717) is 21.7 Å². The molecule has 0 atom stereocenters. The zero-order valence-electron chi connectivity index (χ0n) is 12.8. The largest absolute Gasteiger partial charge is 0.350 e. The van der Waals surface area contributed by atoms with Gasteiger partial charge in [-0.3, -0.25) is 9.67 Å². The van der Waals surface area contributed by atoms with Gasteiger partial charge in [0.1, 0.15) is 16.8 Å². The second kappa shape index (κ2) is 5.87. The van der Waals surface area contributed by atoms with Crippen LogP contribution in [0, 0.1) is 11.3 Å². The highest BCUT2D eigenvalue weighted by Crippen LogP contribution is 2.26. The molecule has 4 heterocycles. The van der Waals surface area contributed by atoms with Crippen LogP contribution in [-0.2, 0) is 12.8 Å². The lowest BCUT2D eigenvalue weighted by molar-refractivity contribution is 0.785. The molecule has 0 radical (unpaired) electrons. The summed E-state index contributed by atoms with van der Waals surface area (Å²) in [7, 11) is 1.79. The second-order valence-electron chi connectivity index (χ2n) is 5.16. The molecule has 0 aliphatic rings. The van der Waals surface area contributed by atoms with Crippen LogP contribution in [0.5, 0.6) is 0 Å². The molecule has 0 amide bonds. The molecule has 0 unspecified atom stereocenters. The standard InChI is InChI=1S/C14H9ClN8OS/c1-22-11-7(4-17-22)2-8(10(15)19-11)6-25-13-20-12-9(3-16)5-18-23(12)14(24)21-13/h2,4-5H,6H2,1H3,(H,20,21,24). The van der Waals surface area contributed by atoms with Crippen LogP contribution in [0.15, 0.2) is 28.4 Å². The Balaban J connectivity index is 1.67. The normalized spacial score (nSPS) is 11.2. The molecule has 11 heteroatoms. The zero-order valence-corrected chi connectivity index (χ0v) is 14.3. The molecule has 0 bridgehead atoms. The molecule has 0 saturated heterocycles. The third kappa shape index (κ3) is 2.63. The van der Waals surface area contributed by atoms with E-state index in [2.05, 4.69) is 25.1 Å². The molecule has 0 aliphatic heterocycles. The Labute approximate surface area is 149 Å². The Morgan fingerprint density at radius 1 is 1.32 bits per heavy atom. The highest BCUT2D eigenvalue weighted by atomic mass is 35.5. The van der Waals surface area contributed by atoms with Crippen molar-refractivity contribution in [3.8, 4) is 6.07 Å². The summed E-state index contributed by atoms with van der Waals surface area (Å²) in [4.78, 5) is 23.3. The smallest absolute Gasteiger partial charge is 0.285 e. The monoisotopic (exact) mass is 372 g/mol. The van der Waals surface area contributed by atoms with Crippen molar-refractivity contribution in [2.75, 3.05) is 0 Å². The van der Waals surface area contributed by atoms with Crippen LogP contribution in [0.1, 0.15) is 11.1 Å². The van der Waals surface area contributed by atoms with E-state index in [1.54, 1.807) is 17.9 Å². The van der Waals surface area contributed by atoms with Gasteiger partial charge in [-0.2, -0.15) is 20.0 Å². The molecule has 4 aromatic heterocycles. The van der Waals surface area contributed by atoms with Crippen molar-refractivity contribution in [2.24, 2.45) is 7.05 Å². The molecule has 124 valence electrons. The molecule has 0 aromatic carbocycles. The topological polar surface area (TPSA) is 118 Å². The Morgan fingerprint density at radius 2 is 2.16 bits per heavy atom. The number of rotatable bonds is 3. The van der Waals surface area contributed by atoms with E-state index < -0.39 is 5.69 Å². The number of aromatic amines is 1. The summed E-state index contributed by atoms with van der Waals surface area (Å²) >= 11 is 7.53. The molecular formula is C14H9ClN8OS. The minimum atomic E-state index is -0.457. The first-order valence-corrected chi connectivity index (χ1v) is 8.41.